The summed E-state index contributed by atoms with van der Waals surface area (Å²) in [5.74, 6) is -0.505. The highest BCUT2D eigenvalue weighted by atomic mass is 35.5. The molecule has 1 aliphatic carbocycles. The van der Waals surface area contributed by atoms with Crippen LogP contribution in [0.2, 0.25) is 10.0 Å². The Kier molecular flexibility index (Phi) is 4.98. The van der Waals surface area contributed by atoms with Crippen LogP contribution in [0.15, 0.2) is 29.8 Å². The molecule has 2 heterocycles. The van der Waals surface area contributed by atoms with E-state index < -0.39 is 17.6 Å². The smallest absolute Gasteiger partial charge is 0.329 e. The lowest BCUT2D eigenvalue weighted by Gasteiger charge is -2.36. The first-order chi connectivity index (χ1) is 12.9. The summed E-state index contributed by atoms with van der Waals surface area (Å²) in [5, 5.41) is 10.2. The Bertz CT molecular complexity index is 891. The number of hydrogen-bond donors (Lipinski definition) is 0. The Labute approximate surface area is 171 Å². The SMILES string of the molecule is N#CC1(OC(=O)C(c2cccc(Cl)c2Cl)N2CCC3SC(=O)C=C3C2)CC1. The minimum atomic E-state index is -1.02. The topological polar surface area (TPSA) is 70.4 Å². The number of nitrogens with zero attached hydrogens (tertiary/aromatic N) is 2. The number of esters is 1. The van der Waals surface area contributed by atoms with Crippen molar-refractivity contribution < 1.29 is 14.3 Å². The summed E-state index contributed by atoms with van der Waals surface area (Å²) in [5.41, 5.74) is 0.546. The number of fused-ring (bicyclic) bond motifs is 1. The Hall–Kier alpha value is -1.52. The van der Waals surface area contributed by atoms with Crippen molar-refractivity contribution in [1.29, 1.82) is 5.26 Å². The van der Waals surface area contributed by atoms with Crippen LogP contribution in [-0.4, -0.2) is 39.9 Å². The Morgan fingerprint density at radius 3 is 2.89 bits per heavy atom. The van der Waals surface area contributed by atoms with Crippen LogP contribution in [0, 0.1) is 11.3 Å². The number of nitriles is 1. The van der Waals surface area contributed by atoms with E-state index >= 15 is 0 Å². The van der Waals surface area contributed by atoms with Gasteiger partial charge in [-0.3, -0.25) is 9.69 Å². The number of ether oxygens (including phenoxy) is 1. The molecule has 2 fully saturated rings. The highest BCUT2D eigenvalue weighted by molar-refractivity contribution is 8.15. The Balaban J connectivity index is 1.67. The lowest BCUT2D eigenvalue weighted by molar-refractivity contribution is -0.155. The van der Waals surface area contributed by atoms with Crippen LogP contribution < -0.4 is 0 Å². The maximum absolute atomic E-state index is 13.1. The van der Waals surface area contributed by atoms with Crippen molar-refractivity contribution in [2.24, 2.45) is 0 Å². The van der Waals surface area contributed by atoms with Crippen LogP contribution in [-0.2, 0) is 14.3 Å². The minimum Gasteiger partial charge on any atom is -0.442 e. The lowest BCUT2D eigenvalue weighted by Crippen LogP contribution is -2.43. The van der Waals surface area contributed by atoms with Crippen LogP contribution in [0.1, 0.15) is 30.9 Å². The number of likely N-dealkylation sites (tertiary alicyclic amines) is 1. The predicted molar refractivity (Wildman–Crippen MR) is 104 cm³/mol. The first kappa shape index (κ1) is 18.8. The fraction of sp³-hybridized carbons (Fsp3) is 0.421. The molecule has 2 aliphatic heterocycles. The molecule has 2 atom stereocenters. The molecule has 0 aromatic heterocycles. The van der Waals surface area contributed by atoms with Gasteiger partial charge >= 0.3 is 5.97 Å². The van der Waals surface area contributed by atoms with E-state index in [9.17, 15) is 14.9 Å². The van der Waals surface area contributed by atoms with E-state index in [0.717, 1.165) is 12.0 Å². The summed E-state index contributed by atoms with van der Waals surface area (Å²) >= 11 is 13.9. The van der Waals surface area contributed by atoms with Crippen LogP contribution >= 0.6 is 35.0 Å². The van der Waals surface area contributed by atoms with Gasteiger partial charge in [0.05, 0.1) is 10.0 Å². The zero-order valence-corrected chi connectivity index (χ0v) is 16.6. The summed E-state index contributed by atoms with van der Waals surface area (Å²) in [7, 11) is 0. The van der Waals surface area contributed by atoms with Gasteiger partial charge < -0.3 is 4.74 Å². The third-order valence-corrected chi connectivity index (χ3v) is 7.11. The second-order valence-corrected chi connectivity index (χ2v) is 8.97. The Morgan fingerprint density at radius 1 is 1.41 bits per heavy atom. The van der Waals surface area contributed by atoms with E-state index in [1.807, 2.05) is 4.90 Å². The third-order valence-electron chi connectivity index (χ3n) is 5.11. The molecule has 0 spiro atoms. The third kappa shape index (κ3) is 3.62. The molecule has 1 saturated heterocycles. The van der Waals surface area contributed by atoms with Gasteiger partial charge in [0, 0.05) is 36.7 Å². The molecule has 27 heavy (non-hydrogen) atoms. The molecule has 0 radical (unpaired) electrons. The summed E-state index contributed by atoms with van der Waals surface area (Å²) in [6.07, 6.45) is 3.50. The fourth-order valence-electron chi connectivity index (χ4n) is 3.51. The second-order valence-electron chi connectivity index (χ2n) is 6.98. The van der Waals surface area contributed by atoms with Gasteiger partial charge in [-0.05, 0) is 24.1 Å². The van der Waals surface area contributed by atoms with E-state index in [4.69, 9.17) is 27.9 Å². The number of hydrogen-bond acceptors (Lipinski definition) is 6. The number of piperidine rings is 1. The van der Waals surface area contributed by atoms with Crippen molar-refractivity contribution in [2.45, 2.75) is 36.2 Å². The maximum atomic E-state index is 13.1. The molecule has 140 valence electrons. The van der Waals surface area contributed by atoms with Gasteiger partial charge in [-0.1, -0.05) is 47.1 Å². The molecular weight excluding hydrogens is 407 g/mol. The second kappa shape index (κ2) is 7.14. The van der Waals surface area contributed by atoms with Crippen molar-refractivity contribution in [2.75, 3.05) is 13.1 Å². The van der Waals surface area contributed by atoms with Gasteiger partial charge in [-0.15, -0.1) is 0 Å². The van der Waals surface area contributed by atoms with Crippen LogP contribution in [0.4, 0.5) is 0 Å². The average molecular weight is 423 g/mol. The van der Waals surface area contributed by atoms with Crippen molar-refractivity contribution in [3.63, 3.8) is 0 Å². The quantitative estimate of drug-likeness (QED) is 0.684. The molecule has 8 heteroatoms. The largest absolute Gasteiger partial charge is 0.442 e. The fourth-order valence-corrected chi connectivity index (χ4v) is 4.93. The number of thioether (sulfide) groups is 1. The van der Waals surface area contributed by atoms with E-state index in [1.54, 1.807) is 24.3 Å². The monoisotopic (exact) mass is 422 g/mol. The van der Waals surface area contributed by atoms with Gasteiger partial charge in [0.1, 0.15) is 12.1 Å². The molecule has 5 nitrogen and oxygen atoms in total. The van der Waals surface area contributed by atoms with E-state index in [-0.39, 0.29) is 10.4 Å². The zero-order chi connectivity index (χ0) is 19.2. The highest BCUT2D eigenvalue weighted by Gasteiger charge is 2.50. The van der Waals surface area contributed by atoms with Crippen molar-refractivity contribution in [3.05, 3.63) is 45.5 Å². The molecule has 1 aromatic rings. The normalized spacial score (nSPS) is 24.6. The minimum absolute atomic E-state index is 0.0539. The maximum Gasteiger partial charge on any atom is 0.329 e. The van der Waals surface area contributed by atoms with Crippen molar-refractivity contribution >= 4 is 46.0 Å². The molecule has 0 N–H and O–H groups in total. The molecule has 1 saturated carbocycles. The predicted octanol–water partition coefficient (Wildman–Crippen LogP) is 3.91. The molecule has 4 rings (SSSR count). The Morgan fingerprint density at radius 2 is 2.19 bits per heavy atom. The molecule has 1 aromatic carbocycles. The average Bonchev–Trinajstić information content (AvgIpc) is 3.31. The number of carbonyl (C=O) groups excluding carboxylic acids is 2. The molecule has 0 amide bonds. The lowest BCUT2D eigenvalue weighted by atomic mass is 9.98. The molecular formula is C19H16Cl2N2O3S. The van der Waals surface area contributed by atoms with Gasteiger partial charge in [0.2, 0.25) is 5.12 Å². The number of rotatable bonds is 4. The first-order valence-electron chi connectivity index (χ1n) is 8.65. The van der Waals surface area contributed by atoms with Gasteiger partial charge in [-0.25, -0.2) is 4.79 Å². The van der Waals surface area contributed by atoms with Crippen LogP contribution in [0.25, 0.3) is 0 Å². The van der Waals surface area contributed by atoms with Crippen molar-refractivity contribution in [3.8, 4) is 6.07 Å². The summed E-state index contributed by atoms with van der Waals surface area (Å²) in [6, 6.07) is 6.46. The van der Waals surface area contributed by atoms with Crippen molar-refractivity contribution in [1.82, 2.24) is 4.90 Å². The number of halogens is 2. The standard InChI is InChI=1S/C19H16Cl2N2O3S/c20-13-3-1-2-12(16(13)21)17(18(25)26-19(10-22)5-6-19)23-7-4-14-11(9-23)8-15(24)27-14/h1-3,8,14,17H,4-7,9H2. The molecule has 0 bridgehead atoms. The molecule has 2 unspecified atom stereocenters. The highest BCUT2D eigenvalue weighted by Crippen LogP contribution is 2.43. The zero-order valence-electron chi connectivity index (χ0n) is 14.3. The van der Waals surface area contributed by atoms with Crippen LogP contribution in [0.3, 0.4) is 0 Å². The first-order valence-corrected chi connectivity index (χ1v) is 10.3. The molecule has 3 aliphatic rings. The summed E-state index contributed by atoms with van der Waals surface area (Å²) < 4.78 is 5.56. The van der Waals surface area contributed by atoms with Gasteiger partial charge in [0.25, 0.3) is 0 Å². The van der Waals surface area contributed by atoms with E-state index in [1.165, 1.54) is 11.8 Å². The van der Waals surface area contributed by atoms with E-state index in [0.29, 0.717) is 41.5 Å². The van der Waals surface area contributed by atoms with Gasteiger partial charge in [-0.2, -0.15) is 5.26 Å². The van der Waals surface area contributed by atoms with Gasteiger partial charge in [0.15, 0.2) is 5.60 Å². The van der Waals surface area contributed by atoms with Crippen LogP contribution in [0.5, 0.6) is 0 Å². The summed E-state index contributed by atoms with van der Waals surface area (Å²) in [6.45, 7) is 1.09. The number of benzene rings is 1. The number of carbonyl (C=O) groups is 2. The van der Waals surface area contributed by atoms with E-state index in [2.05, 4.69) is 6.07 Å². The summed E-state index contributed by atoms with van der Waals surface area (Å²) in [4.78, 5) is 26.7.